The third-order valence-corrected chi connectivity index (χ3v) is 3.95. The third-order valence-electron chi connectivity index (χ3n) is 2.59. The lowest BCUT2D eigenvalue weighted by molar-refractivity contribution is -0.115. The van der Waals surface area contributed by atoms with Crippen LogP contribution in [0.1, 0.15) is 6.92 Å². The molecule has 0 saturated carbocycles. The Morgan fingerprint density at radius 3 is 2.60 bits per heavy atom. The van der Waals surface area contributed by atoms with Crippen molar-refractivity contribution in [3.05, 3.63) is 59.4 Å². The lowest BCUT2D eigenvalue weighted by Gasteiger charge is -2.12. The molecule has 20 heavy (non-hydrogen) atoms. The van der Waals surface area contributed by atoms with E-state index in [1.54, 1.807) is 31.2 Å². The number of hydrogen-bond acceptors (Lipinski definition) is 2. The molecular formula is C15H13ClFNOS. The standard InChI is InChI=1S/C15H13ClFNOS/c1-10(20-14-7-5-11(16)6-8-14)15(19)18-13-4-2-3-12(17)9-13/h2-10H,1H3,(H,18,19)/t10-/m1/s1. The van der Waals surface area contributed by atoms with Crippen LogP contribution >= 0.6 is 23.4 Å². The fourth-order valence-corrected chi connectivity index (χ4v) is 2.57. The first-order valence-corrected chi connectivity index (χ1v) is 7.29. The van der Waals surface area contributed by atoms with Crippen molar-refractivity contribution in [1.29, 1.82) is 0 Å². The molecule has 104 valence electrons. The number of benzene rings is 2. The van der Waals surface area contributed by atoms with Crippen molar-refractivity contribution >= 4 is 35.0 Å². The van der Waals surface area contributed by atoms with Gasteiger partial charge in [-0.3, -0.25) is 4.79 Å². The quantitative estimate of drug-likeness (QED) is 0.836. The Morgan fingerprint density at radius 1 is 1.25 bits per heavy atom. The molecule has 1 N–H and O–H groups in total. The number of thioether (sulfide) groups is 1. The summed E-state index contributed by atoms with van der Waals surface area (Å²) in [5.74, 6) is -0.545. The Morgan fingerprint density at radius 2 is 1.95 bits per heavy atom. The maximum atomic E-state index is 13.0. The number of hydrogen-bond donors (Lipinski definition) is 1. The molecule has 0 spiro atoms. The van der Waals surface area contributed by atoms with Gasteiger partial charge in [-0.05, 0) is 49.4 Å². The molecule has 0 aliphatic rings. The second-order valence-electron chi connectivity index (χ2n) is 4.21. The summed E-state index contributed by atoms with van der Waals surface area (Å²) in [5, 5.41) is 3.05. The van der Waals surface area contributed by atoms with Crippen molar-refractivity contribution < 1.29 is 9.18 Å². The molecule has 2 aromatic rings. The van der Waals surface area contributed by atoms with E-state index in [1.165, 1.54) is 23.9 Å². The topological polar surface area (TPSA) is 29.1 Å². The second kappa shape index (κ2) is 6.77. The summed E-state index contributed by atoms with van der Waals surface area (Å²) in [4.78, 5) is 13.0. The van der Waals surface area contributed by atoms with Crippen molar-refractivity contribution in [3.8, 4) is 0 Å². The Kier molecular flexibility index (Phi) is 5.04. The largest absolute Gasteiger partial charge is 0.325 e. The zero-order chi connectivity index (χ0) is 14.5. The SMILES string of the molecule is C[C@@H](Sc1ccc(Cl)cc1)C(=O)Nc1cccc(F)c1. The molecule has 2 nitrogen and oxygen atoms in total. The van der Waals surface area contributed by atoms with Crippen molar-refractivity contribution in [2.24, 2.45) is 0 Å². The summed E-state index contributed by atoms with van der Waals surface area (Å²) in [6.45, 7) is 1.80. The van der Waals surface area contributed by atoms with Gasteiger partial charge in [-0.2, -0.15) is 0 Å². The fourth-order valence-electron chi connectivity index (χ4n) is 1.58. The highest BCUT2D eigenvalue weighted by Gasteiger charge is 2.14. The van der Waals surface area contributed by atoms with Crippen LogP contribution in [-0.2, 0) is 4.79 Å². The van der Waals surface area contributed by atoms with Gasteiger partial charge >= 0.3 is 0 Å². The molecule has 0 bridgehead atoms. The minimum absolute atomic E-state index is 0.171. The average Bonchev–Trinajstić information content (AvgIpc) is 2.41. The van der Waals surface area contributed by atoms with Gasteiger partial charge in [0.15, 0.2) is 0 Å². The van der Waals surface area contributed by atoms with Crippen molar-refractivity contribution in [2.45, 2.75) is 17.1 Å². The van der Waals surface area contributed by atoms with E-state index >= 15 is 0 Å². The van der Waals surface area contributed by atoms with E-state index in [4.69, 9.17) is 11.6 Å². The highest BCUT2D eigenvalue weighted by Crippen LogP contribution is 2.25. The number of anilines is 1. The molecule has 0 unspecified atom stereocenters. The summed E-state index contributed by atoms with van der Waals surface area (Å²) in [6, 6.07) is 13.1. The van der Waals surface area contributed by atoms with Crippen LogP contribution in [0.3, 0.4) is 0 Å². The van der Waals surface area contributed by atoms with Crippen LogP contribution in [0.4, 0.5) is 10.1 Å². The van der Waals surface area contributed by atoms with Crippen LogP contribution in [-0.4, -0.2) is 11.2 Å². The van der Waals surface area contributed by atoms with Gasteiger partial charge in [-0.1, -0.05) is 17.7 Å². The molecule has 0 heterocycles. The van der Waals surface area contributed by atoms with Crippen LogP contribution in [0.15, 0.2) is 53.4 Å². The van der Waals surface area contributed by atoms with Gasteiger partial charge in [0, 0.05) is 15.6 Å². The van der Waals surface area contributed by atoms with Crippen LogP contribution in [0, 0.1) is 5.82 Å². The molecule has 0 aliphatic heterocycles. The summed E-state index contributed by atoms with van der Waals surface area (Å²) >= 11 is 7.23. The Hall–Kier alpha value is -1.52. The van der Waals surface area contributed by atoms with Crippen LogP contribution in [0.2, 0.25) is 5.02 Å². The molecule has 2 aromatic carbocycles. The molecule has 0 saturated heterocycles. The summed E-state index contributed by atoms with van der Waals surface area (Å²) < 4.78 is 13.0. The molecule has 1 amide bonds. The van der Waals surface area contributed by atoms with Crippen molar-refractivity contribution in [3.63, 3.8) is 0 Å². The summed E-state index contributed by atoms with van der Waals surface area (Å²) in [5.41, 5.74) is 0.457. The first-order chi connectivity index (χ1) is 9.54. The van der Waals surface area contributed by atoms with Gasteiger partial charge in [0.2, 0.25) is 5.91 Å². The minimum atomic E-state index is -0.374. The highest BCUT2D eigenvalue weighted by molar-refractivity contribution is 8.00. The molecule has 0 aliphatic carbocycles. The van der Waals surface area contributed by atoms with Crippen LogP contribution < -0.4 is 5.32 Å². The number of carbonyl (C=O) groups excluding carboxylic acids is 1. The predicted octanol–water partition coefficient (Wildman–Crippen LogP) is 4.60. The molecule has 0 fully saturated rings. The number of halogens is 2. The number of amides is 1. The predicted molar refractivity (Wildman–Crippen MR) is 81.8 cm³/mol. The Labute approximate surface area is 126 Å². The van der Waals surface area contributed by atoms with E-state index in [1.807, 2.05) is 12.1 Å². The van der Waals surface area contributed by atoms with Gasteiger partial charge in [-0.25, -0.2) is 4.39 Å². The van der Waals surface area contributed by atoms with E-state index in [0.29, 0.717) is 10.7 Å². The first kappa shape index (κ1) is 14.9. The Balaban J connectivity index is 1.96. The maximum absolute atomic E-state index is 13.0. The average molecular weight is 310 g/mol. The molecule has 1 atom stereocenters. The molecule has 2 rings (SSSR count). The van der Waals surface area contributed by atoms with E-state index < -0.39 is 0 Å². The zero-order valence-corrected chi connectivity index (χ0v) is 12.3. The first-order valence-electron chi connectivity index (χ1n) is 6.03. The number of carbonyl (C=O) groups is 1. The van der Waals surface area contributed by atoms with Gasteiger partial charge in [-0.15, -0.1) is 11.8 Å². The summed E-state index contributed by atoms with van der Waals surface area (Å²) in [7, 11) is 0. The molecular weight excluding hydrogens is 297 g/mol. The molecule has 0 aromatic heterocycles. The monoisotopic (exact) mass is 309 g/mol. The highest BCUT2D eigenvalue weighted by atomic mass is 35.5. The van der Waals surface area contributed by atoms with Crippen LogP contribution in [0.5, 0.6) is 0 Å². The van der Waals surface area contributed by atoms with Crippen molar-refractivity contribution in [1.82, 2.24) is 0 Å². The van der Waals surface area contributed by atoms with E-state index in [2.05, 4.69) is 5.32 Å². The van der Waals surface area contributed by atoms with Gasteiger partial charge in [0.1, 0.15) is 5.82 Å². The van der Waals surface area contributed by atoms with E-state index in [9.17, 15) is 9.18 Å². The number of nitrogens with one attached hydrogen (secondary N) is 1. The van der Waals surface area contributed by atoms with E-state index in [-0.39, 0.29) is 17.0 Å². The fraction of sp³-hybridized carbons (Fsp3) is 0.133. The molecule has 0 radical (unpaired) electrons. The Bertz CT molecular complexity index is 603. The smallest absolute Gasteiger partial charge is 0.237 e. The normalized spacial score (nSPS) is 11.9. The van der Waals surface area contributed by atoms with Crippen molar-refractivity contribution in [2.75, 3.05) is 5.32 Å². The maximum Gasteiger partial charge on any atom is 0.237 e. The minimum Gasteiger partial charge on any atom is -0.325 e. The van der Waals surface area contributed by atoms with Gasteiger partial charge in [0.05, 0.1) is 5.25 Å². The molecule has 5 heteroatoms. The van der Waals surface area contributed by atoms with E-state index in [0.717, 1.165) is 4.90 Å². The van der Waals surface area contributed by atoms with Gasteiger partial charge < -0.3 is 5.32 Å². The van der Waals surface area contributed by atoms with Crippen LogP contribution in [0.25, 0.3) is 0 Å². The third kappa shape index (κ3) is 4.25. The second-order valence-corrected chi connectivity index (χ2v) is 6.06. The lowest BCUT2D eigenvalue weighted by atomic mass is 10.3. The lowest BCUT2D eigenvalue weighted by Crippen LogP contribution is -2.22. The number of rotatable bonds is 4. The van der Waals surface area contributed by atoms with Gasteiger partial charge in [0.25, 0.3) is 0 Å². The zero-order valence-electron chi connectivity index (χ0n) is 10.8. The summed E-state index contributed by atoms with van der Waals surface area (Å²) in [6.07, 6.45) is 0.